The van der Waals surface area contributed by atoms with E-state index in [9.17, 15) is 4.79 Å². The molecule has 2 aromatic rings. The van der Waals surface area contributed by atoms with E-state index in [0.29, 0.717) is 21.7 Å². The third kappa shape index (κ3) is 5.13. The summed E-state index contributed by atoms with van der Waals surface area (Å²) in [6, 6.07) is 7.29. The number of carbonyl (C=O) groups excluding carboxylic acids is 1. The molecule has 2 rings (SSSR count). The van der Waals surface area contributed by atoms with Crippen LogP contribution in [0.1, 0.15) is 11.3 Å². The van der Waals surface area contributed by atoms with Crippen molar-refractivity contribution in [2.24, 2.45) is 0 Å². The van der Waals surface area contributed by atoms with E-state index in [1.54, 1.807) is 18.2 Å². The van der Waals surface area contributed by atoms with Gasteiger partial charge in [-0.15, -0.1) is 0 Å². The second-order valence-electron chi connectivity index (χ2n) is 4.59. The van der Waals surface area contributed by atoms with Gasteiger partial charge < -0.3 is 4.74 Å². The van der Waals surface area contributed by atoms with Crippen LogP contribution in [0.3, 0.4) is 0 Å². The van der Waals surface area contributed by atoms with Crippen LogP contribution in [0, 0.1) is 25.2 Å². The summed E-state index contributed by atoms with van der Waals surface area (Å²) in [4.78, 5) is 16.2. The zero-order valence-corrected chi connectivity index (χ0v) is 14.9. The van der Waals surface area contributed by atoms with E-state index in [1.807, 2.05) is 13.8 Å². The lowest BCUT2D eigenvalue weighted by Gasteiger charge is -2.07. The molecule has 1 amide bonds. The molecule has 1 aromatic carbocycles. The molecule has 5 nitrogen and oxygen atoms in total. The van der Waals surface area contributed by atoms with Crippen molar-refractivity contribution in [3.8, 4) is 11.8 Å². The number of nitrogens with one attached hydrogen (secondary N) is 1. The third-order valence-electron chi connectivity index (χ3n) is 2.77. The molecule has 0 bridgehead atoms. The van der Waals surface area contributed by atoms with Crippen molar-refractivity contribution in [3.63, 3.8) is 0 Å². The maximum atomic E-state index is 11.9. The fourth-order valence-corrected chi connectivity index (χ4v) is 3.61. The number of nitrogens with zero attached hydrogens (tertiary/aromatic N) is 2. The van der Waals surface area contributed by atoms with E-state index < -0.39 is 0 Å². The van der Waals surface area contributed by atoms with Gasteiger partial charge in [0.1, 0.15) is 5.75 Å². The van der Waals surface area contributed by atoms with Crippen molar-refractivity contribution in [1.82, 2.24) is 4.98 Å². The molecular formula is C15H14ClN3O2S2. The molecule has 0 saturated heterocycles. The van der Waals surface area contributed by atoms with Gasteiger partial charge in [0.15, 0.2) is 11.7 Å². The minimum atomic E-state index is -0.289. The average Bonchev–Trinajstić information content (AvgIpc) is 2.86. The van der Waals surface area contributed by atoms with Gasteiger partial charge in [-0.05, 0) is 37.6 Å². The lowest BCUT2D eigenvalue weighted by Crippen LogP contribution is -2.20. The number of nitriles is 1. The van der Waals surface area contributed by atoms with Crippen molar-refractivity contribution in [3.05, 3.63) is 34.5 Å². The van der Waals surface area contributed by atoms with Crippen LogP contribution in [-0.2, 0) is 4.79 Å². The number of benzene rings is 1. The van der Waals surface area contributed by atoms with Crippen molar-refractivity contribution < 1.29 is 9.53 Å². The Bertz CT molecular complexity index is 756. The number of halogens is 1. The number of hydrogen-bond acceptors (Lipinski definition) is 6. The number of hydrogen-bond donors (Lipinski definition) is 1. The second kappa shape index (κ2) is 8.20. The first-order valence-electron chi connectivity index (χ1n) is 6.65. The first-order valence-corrected chi connectivity index (χ1v) is 8.83. The highest BCUT2D eigenvalue weighted by Crippen LogP contribution is 2.31. The van der Waals surface area contributed by atoms with Gasteiger partial charge in [0.2, 0.25) is 0 Å². The second-order valence-corrected chi connectivity index (χ2v) is 7.24. The first kappa shape index (κ1) is 17.6. The fraction of sp³-hybridized carbons (Fsp3) is 0.267. The first-order chi connectivity index (χ1) is 11.0. The highest BCUT2D eigenvalue weighted by molar-refractivity contribution is 8.01. The predicted molar refractivity (Wildman–Crippen MR) is 93.5 cm³/mol. The lowest BCUT2D eigenvalue weighted by atomic mass is 10.2. The van der Waals surface area contributed by atoms with Crippen molar-refractivity contribution in [2.75, 3.05) is 17.7 Å². The Morgan fingerprint density at radius 1 is 1.52 bits per heavy atom. The SMILES string of the molecule is Cc1cc(OCC(=O)Nc2nc(C)c(SCC#N)s2)ccc1Cl. The molecule has 0 radical (unpaired) electrons. The molecule has 0 aliphatic carbocycles. The van der Waals surface area contributed by atoms with Crippen molar-refractivity contribution in [1.29, 1.82) is 5.26 Å². The van der Waals surface area contributed by atoms with Crippen LogP contribution in [0.2, 0.25) is 5.02 Å². The maximum absolute atomic E-state index is 11.9. The quantitative estimate of drug-likeness (QED) is 0.779. The molecule has 0 aliphatic rings. The molecular weight excluding hydrogens is 354 g/mol. The van der Waals surface area contributed by atoms with Crippen LogP contribution in [0.5, 0.6) is 5.75 Å². The largest absolute Gasteiger partial charge is 0.484 e. The van der Waals surface area contributed by atoms with E-state index >= 15 is 0 Å². The van der Waals surface area contributed by atoms with Crippen LogP contribution in [0.25, 0.3) is 0 Å². The zero-order valence-electron chi connectivity index (χ0n) is 12.6. The molecule has 8 heteroatoms. The van der Waals surface area contributed by atoms with E-state index in [4.69, 9.17) is 21.6 Å². The number of aromatic nitrogens is 1. The molecule has 1 aromatic heterocycles. The maximum Gasteiger partial charge on any atom is 0.264 e. The molecule has 1 N–H and O–H groups in total. The summed E-state index contributed by atoms with van der Waals surface area (Å²) in [6.07, 6.45) is 0. The third-order valence-corrected chi connectivity index (χ3v) is 5.49. The molecule has 0 atom stereocenters. The van der Waals surface area contributed by atoms with Gasteiger partial charge in [-0.3, -0.25) is 10.1 Å². The topological polar surface area (TPSA) is 75.0 Å². The Morgan fingerprint density at radius 2 is 2.30 bits per heavy atom. The van der Waals surface area contributed by atoms with Gasteiger partial charge >= 0.3 is 0 Å². The average molecular weight is 368 g/mol. The Balaban J connectivity index is 1.89. The summed E-state index contributed by atoms with van der Waals surface area (Å²) in [6.45, 7) is 3.60. The van der Waals surface area contributed by atoms with Crippen molar-refractivity contribution >= 4 is 45.7 Å². The van der Waals surface area contributed by atoms with Gasteiger partial charge in [-0.1, -0.05) is 34.7 Å². The minimum absolute atomic E-state index is 0.111. The summed E-state index contributed by atoms with van der Waals surface area (Å²) in [5, 5.41) is 12.5. The lowest BCUT2D eigenvalue weighted by molar-refractivity contribution is -0.118. The van der Waals surface area contributed by atoms with Gasteiger partial charge in [-0.25, -0.2) is 4.98 Å². The molecule has 0 unspecified atom stereocenters. The zero-order chi connectivity index (χ0) is 16.8. The fourth-order valence-electron chi connectivity index (χ4n) is 1.68. The highest BCUT2D eigenvalue weighted by atomic mass is 35.5. The Kier molecular flexibility index (Phi) is 6.28. The van der Waals surface area contributed by atoms with Crippen molar-refractivity contribution in [2.45, 2.75) is 18.1 Å². The molecule has 0 fully saturated rings. The summed E-state index contributed by atoms with van der Waals surface area (Å²) in [5.41, 5.74) is 1.69. The summed E-state index contributed by atoms with van der Waals surface area (Å²) in [5.74, 6) is 0.654. The molecule has 0 spiro atoms. The van der Waals surface area contributed by atoms with Gasteiger partial charge in [0.25, 0.3) is 5.91 Å². The van der Waals surface area contributed by atoms with E-state index in [1.165, 1.54) is 23.1 Å². The minimum Gasteiger partial charge on any atom is -0.484 e. The number of ether oxygens (including phenoxy) is 1. The van der Waals surface area contributed by atoms with Crippen LogP contribution in [0.15, 0.2) is 22.4 Å². The van der Waals surface area contributed by atoms with Gasteiger partial charge in [0.05, 0.1) is 21.7 Å². The smallest absolute Gasteiger partial charge is 0.264 e. The number of thiazole rings is 1. The van der Waals surface area contributed by atoms with E-state index in [0.717, 1.165) is 15.5 Å². The van der Waals surface area contributed by atoms with Crippen LogP contribution in [0.4, 0.5) is 5.13 Å². The van der Waals surface area contributed by atoms with Crippen LogP contribution in [-0.4, -0.2) is 23.3 Å². The van der Waals surface area contributed by atoms with E-state index in [-0.39, 0.29) is 12.5 Å². The normalized spacial score (nSPS) is 10.2. The number of anilines is 1. The standard InChI is InChI=1S/C15H14ClN3O2S2/c1-9-7-11(3-4-12(9)16)21-8-13(20)19-15-18-10(2)14(23-15)22-6-5-17/h3-4,7H,6,8H2,1-2H3,(H,18,19,20). The molecule has 0 saturated carbocycles. The summed E-state index contributed by atoms with van der Waals surface area (Å²) in [7, 11) is 0. The van der Waals surface area contributed by atoms with Gasteiger partial charge in [-0.2, -0.15) is 5.26 Å². The van der Waals surface area contributed by atoms with Gasteiger partial charge in [0, 0.05) is 5.02 Å². The highest BCUT2D eigenvalue weighted by Gasteiger charge is 2.11. The number of carbonyl (C=O) groups is 1. The van der Waals surface area contributed by atoms with Crippen LogP contribution >= 0.6 is 34.7 Å². The van der Waals surface area contributed by atoms with Crippen LogP contribution < -0.4 is 10.1 Å². The number of thioether (sulfide) groups is 1. The predicted octanol–water partition coefficient (Wildman–Crippen LogP) is 4.05. The molecule has 120 valence electrons. The summed E-state index contributed by atoms with van der Waals surface area (Å²) < 4.78 is 6.36. The Hall–Kier alpha value is -1.75. The summed E-state index contributed by atoms with van der Waals surface area (Å²) >= 11 is 8.70. The molecule has 1 heterocycles. The van der Waals surface area contributed by atoms with E-state index in [2.05, 4.69) is 16.4 Å². The monoisotopic (exact) mass is 367 g/mol. The molecule has 0 aliphatic heterocycles. The Morgan fingerprint density at radius 3 is 3.00 bits per heavy atom. The Labute approximate surface area is 147 Å². The number of rotatable bonds is 6. The molecule has 23 heavy (non-hydrogen) atoms. The number of aryl methyl sites for hydroxylation is 2. The number of amides is 1.